The number of rotatable bonds is 5. The summed E-state index contributed by atoms with van der Waals surface area (Å²) >= 11 is 1.38. The highest BCUT2D eigenvalue weighted by molar-refractivity contribution is 7.12. The molecule has 2 aliphatic heterocycles. The van der Waals surface area contributed by atoms with E-state index in [0.29, 0.717) is 48.7 Å². The molecule has 0 N–H and O–H groups in total. The zero-order valence-corrected chi connectivity index (χ0v) is 17.2. The standard InChI is InChI=1S/C22H25N3O3S/c26-20(24-9-3-4-10-24)16-23-11-13-25(14-12-23)22(28)18-7-2-1-6-17(18)21(27)19-8-5-15-29-19/h1-2,5-8,15H,3-4,9-14,16H2. The minimum atomic E-state index is -0.115. The van der Waals surface area contributed by atoms with Crippen LogP contribution in [-0.2, 0) is 4.79 Å². The third-order valence-corrected chi connectivity index (χ3v) is 6.49. The number of ketones is 1. The Hall–Kier alpha value is -2.51. The molecule has 1 aromatic carbocycles. The number of likely N-dealkylation sites (tertiary alicyclic amines) is 1. The molecule has 0 bridgehead atoms. The average molecular weight is 412 g/mol. The zero-order chi connectivity index (χ0) is 20.2. The maximum Gasteiger partial charge on any atom is 0.254 e. The Bertz CT molecular complexity index is 882. The molecule has 0 radical (unpaired) electrons. The molecule has 0 atom stereocenters. The molecule has 0 aliphatic carbocycles. The molecule has 0 saturated carbocycles. The minimum absolute atomic E-state index is 0.112. The summed E-state index contributed by atoms with van der Waals surface area (Å²) in [5.74, 6) is -0.0380. The summed E-state index contributed by atoms with van der Waals surface area (Å²) in [5, 5.41) is 1.86. The molecule has 0 unspecified atom stereocenters. The first-order chi connectivity index (χ1) is 14.1. The van der Waals surface area contributed by atoms with Crippen LogP contribution in [0.15, 0.2) is 41.8 Å². The molecule has 2 aliphatic rings. The molecular formula is C22H25N3O3S. The summed E-state index contributed by atoms with van der Waals surface area (Å²) in [6, 6.07) is 10.7. The first kappa shape index (κ1) is 19.8. The van der Waals surface area contributed by atoms with Gasteiger partial charge in [0.2, 0.25) is 11.7 Å². The largest absolute Gasteiger partial charge is 0.342 e. The number of piperazine rings is 1. The van der Waals surface area contributed by atoms with Crippen LogP contribution in [-0.4, -0.2) is 78.1 Å². The molecule has 4 rings (SSSR count). The van der Waals surface area contributed by atoms with Gasteiger partial charge in [0, 0.05) is 44.8 Å². The number of thiophene rings is 1. The summed E-state index contributed by atoms with van der Waals surface area (Å²) in [5.41, 5.74) is 0.902. The zero-order valence-electron chi connectivity index (χ0n) is 16.4. The Labute approximate surface area is 174 Å². The van der Waals surface area contributed by atoms with Gasteiger partial charge in [-0.25, -0.2) is 0 Å². The van der Waals surface area contributed by atoms with Crippen molar-refractivity contribution in [3.63, 3.8) is 0 Å². The van der Waals surface area contributed by atoms with Crippen molar-refractivity contribution in [1.82, 2.24) is 14.7 Å². The fourth-order valence-corrected chi connectivity index (χ4v) is 4.62. The lowest BCUT2D eigenvalue weighted by atomic mass is 10.0. The normalized spacial score (nSPS) is 17.5. The van der Waals surface area contributed by atoms with Crippen LogP contribution in [0.1, 0.15) is 38.4 Å². The number of carbonyl (C=O) groups excluding carboxylic acids is 3. The number of nitrogens with zero attached hydrogens (tertiary/aromatic N) is 3. The van der Waals surface area contributed by atoms with Gasteiger partial charge in [-0.15, -0.1) is 11.3 Å². The summed E-state index contributed by atoms with van der Waals surface area (Å²) in [6.45, 7) is 4.63. The predicted octanol–water partition coefficient (Wildman–Crippen LogP) is 2.36. The van der Waals surface area contributed by atoms with E-state index in [2.05, 4.69) is 4.90 Å². The molecular weight excluding hydrogens is 386 g/mol. The number of carbonyl (C=O) groups is 3. The van der Waals surface area contributed by atoms with Gasteiger partial charge >= 0.3 is 0 Å². The van der Waals surface area contributed by atoms with E-state index >= 15 is 0 Å². The van der Waals surface area contributed by atoms with Gasteiger partial charge in [-0.1, -0.05) is 24.3 Å². The maximum absolute atomic E-state index is 13.1. The van der Waals surface area contributed by atoms with Crippen LogP contribution < -0.4 is 0 Å². The molecule has 7 heteroatoms. The number of amides is 2. The predicted molar refractivity (Wildman–Crippen MR) is 112 cm³/mol. The van der Waals surface area contributed by atoms with Gasteiger partial charge in [0.05, 0.1) is 17.0 Å². The monoisotopic (exact) mass is 411 g/mol. The van der Waals surface area contributed by atoms with E-state index in [9.17, 15) is 14.4 Å². The van der Waals surface area contributed by atoms with E-state index in [-0.39, 0.29) is 17.6 Å². The van der Waals surface area contributed by atoms with Crippen LogP contribution >= 0.6 is 11.3 Å². The van der Waals surface area contributed by atoms with E-state index in [1.54, 1.807) is 35.2 Å². The quantitative estimate of drug-likeness (QED) is 0.709. The van der Waals surface area contributed by atoms with Gasteiger partial charge < -0.3 is 9.80 Å². The maximum atomic E-state index is 13.1. The highest BCUT2D eigenvalue weighted by Gasteiger charge is 2.28. The average Bonchev–Trinajstić information content (AvgIpc) is 3.47. The van der Waals surface area contributed by atoms with Crippen LogP contribution in [0.25, 0.3) is 0 Å². The molecule has 2 fully saturated rings. The smallest absolute Gasteiger partial charge is 0.254 e. The highest BCUT2D eigenvalue weighted by atomic mass is 32.1. The molecule has 2 saturated heterocycles. The van der Waals surface area contributed by atoms with Crippen LogP contribution in [0.4, 0.5) is 0 Å². The van der Waals surface area contributed by atoms with Crippen molar-refractivity contribution < 1.29 is 14.4 Å². The molecule has 152 valence electrons. The fourth-order valence-electron chi connectivity index (χ4n) is 3.95. The topological polar surface area (TPSA) is 60.9 Å². The van der Waals surface area contributed by atoms with Crippen molar-refractivity contribution in [2.24, 2.45) is 0 Å². The number of benzene rings is 1. The van der Waals surface area contributed by atoms with Crippen LogP contribution in [0.3, 0.4) is 0 Å². The van der Waals surface area contributed by atoms with E-state index in [1.165, 1.54) is 11.3 Å². The summed E-state index contributed by atoms with van der Waals surface area (Å²) in [6.07, 6.45) is 2.19. The Kier molecular flexibility index (Phi) is 6.06. The van der Waals surface area contributed by atoms with Gasteiger partial charge in [-0.05, 0) is 30.4 Å². The first-order valence-corrected chi connectivity index (χ1v) is 11.0. The molecule has 0 spiro atoms. The van der Waals surface area contributed by atoms with E-state index in [1.807, 2.05) is 16.3 Å². The molecule has 3 heterocycles. The van der Waals surface area contributed by atoms with Crippen molar-refractivity contribution in [2.75, 3.05) is 45.8 Å². The van der Waals surface area contributed by atoms with Gasteiger partial charge in [0.15, 0.2) is 0 Å². The third kappa shape index (κ3) is 4.41. The molecule has 6 nitrogen and oxygen atoms in total. The van der Waals surface area contributed by atoms with Crippen molar-refractivity contribution in [3.8, 4) is 0 Å². The van der Waals surface area contributed by atoms with Gasteiger partial charge in [-0.3, -0.25) is 19.3 Å². The van der Waals surface area contributed by atoms with Gasteiger partial charge in [-0.2, -0.15) is 0 Å². The lowest BCUT2D eigenvalue weighted by Crippen LogP contribution is -2.51. The van der Waals surface area contributed by atoms with Gasteiger partial charge in [0.1, 0.15) is 0 Å². The molecule has 2 amide bonds. The van der Waals surface area contributed by atoms with Crippen LogP contribution in [0, 0.1) is 0 Å². The minimum Gasteiger partial charge on any atom is -0.342 e. The number of hydrogen-bond acceptors (Lipinski definition) is 5. The Morgan fingerprint density at radius 1 is 0.793 bits per heavy atom. The molecule has 2 aromatic rings. The van der Waals surface area contributed by atoms with E-state index in [4.69, 9.17) is 0 Å². The van der Waals surface area contributed by atoms with Crippen molar-refractivity contribution >= 4 is 28.9 Å². The highest BCUT2D eigenvalue weighted by Crippen LogP contribution is 2.20. The Balaban J connectivity index is 1.39. The summed E-state index contributed by atoms with van der Waals surface area (Å²) in [4.78, 5) is 44.7. The summed E-state index contributed by atoms with van der Waals surface area (Å²) in [7, 11) is 0. The van der Waals surface area contributed by atoms with Crippen molar-refractivity contribution in [3.05, 3.63) is 57.8 Å². The second kappa shape index (κ2) is 8.88. The lowest BCUT2D eigenvalue weighted by Gasteiger charge is -2.35. The SMILES string of the molecule is O=C(c1cccs1)c1ccccc1C(=O)N1CCN(CC(=O)N2CCCC2)CC1. The van der Waals surface area contributed by atoms with Crippen molar-refractivity contribution in [2.45, 2.75) is 12.8 Å². The second-order valence-electron chi connectivity index (χ2n) is 7.51. The van der Waals surface area contributed by atoms with Crippen molar-refractivity contribution in [1.29, 1.82) is 0 Å². The molecule has 29 heavy (non-hydrogen) atoms. The first-order valence-electron chi connectivity index (χ1n) is 10.1. The Morgan fingerprint density at radius 3 is 2.14 bits per heavy atom. The van der Waals surface area contributed by atoms with Gasteiger partial charge in [0.25, 0.3) is 5.91 Å². The molecule has 1 aromatic heterocycles. The van der Waals surface area contributed by atoms with Crippen LogP contribution in [0.5, 0.6) is 0 Å². The third-order valence-electron chi connectivity index (χ3n) is 5.62. The lowest BCUT2D eigenvalue weighted by molar-refractivity contribution is -0.131. The fraction of sp³-hybridized carbons (Fsp3) is 0.409. The second-order valence-corrected chi connectivity index (χ2v) is 8.46. The number of hydrogen-bond donors (Lipinski definition) is 0. The van der Waals surface area contributed by atoms with Crippen LogP contribution in [0.2, 0.25) is 0 Å². The Morgan fingerprint density at radius 2 is 1.48 bits per heavy atom. The summed E-state index contributed by atoms with van der Waals surface area (Å²) < 4.78 is 0. The van der Waals surface area contributed by atoms with E-state index in [0.717, 1.165) is 25.9 Å². The van der Waals surface area contributed by atoms with E-state index < -0.39 is 0 Å².